The predicted octanol–water partition coefficient (Wildman–Crippen LogP) is -0.717. The predicted molar refractivity (Wildman–Crippen MR) is 108 cm³/mol. The molecule has 0 N–H and O–H groups in total. The molecule has 4 rings (SSSR count). The summed E-state index contributed by atoms with van der Waals surface area (Å²) in [4.78, 5) is 38.4. The van der Waals surface area contributed by atoms with E-state index < -0.39 is 47.5 Å². The summed E-state index contributed by atoms with van der Waals surface area (Å²) in [5, 5.41) is 10.3. The molecule has 3 aliphatic rings. The Balaban J connectivity index is 1.42. The van der Waals surface area contributed by atoms with Crippen molar-refractivity contribution in [2.45, 2.75) is 11.7 Å². The van der Waals surface area contributed by atoms with Gasteiger partial charge in [0, 0.05) is 32.2 Å². The monoisotopic (exact) mass is 472 g/mol. The number of hydrogen-bond donors (Lipinski definition) is 0. The minimum absolute atomic E-state index is 0.0251. The molecule has 31 heavy (non-hydrogen) atoms. The molecule has 3 heterocycles. The molecule has 0 radical (unpaired) electrons. The highest BCUT2D eigenvalue weighted by atomic mass is 32.2. The maximum atomic E-state index is 12.7. The lowest BCUT2D eigenvalue weighted by Crippen LogP contribution is -2.54. The van der Waals surface area contributed by atoms with Crippen molar-refractivity contribution >= 4 is 37.4 Å². The number of hydrogen-bond acceptors (Lipinski definition) is 9. The zero-order chi connectivity index (χ0) is 22.6. The van der Waals surface area contributed by atoms with Crippen LogP contribution in [-0.4, -0.2) is 97.3 Å². The van der Waals surface area contributed by atoms with Gasteiger partial charge in [-0.05, 0) is 12.5 Å². The third-order valence-corrected chi connectivity index (χ3v) is 10.1. The van der Waals surface area contributed by atoms with E-state index in [0.717, 1.165) is 4.90 Å². The van der Waals surface area contributed by atoms with Gasteiger partial charge in [0.05, 0.1) is 33.9 Å². The summed E-state index contributed by atoms with van der Waals surface area (Å²) in [5.41, 5.74) is -0.690. The number of rotatable bonds is 5. The van der Waals surface area contributed by atoms with Gasteiger partial charge >= 0.3 is 0 Å². The fourth-order valence-corrected chi connectivity index (χ4v) is 8.64. The molecule has 0 spiro atoms. The van der Waals surface area contributed by atoms with Gasteiger partial charge in [-0.2, -0.15) is 4.31 Å². The number of nitrogens with zero attached hydrogens (tertiary/aromatic N) is 4. The second kappa shape index (κ2) is 7.62. The molecule has 1 aromatic carbocycles. The van der Waals surface area contributed by atoms with Crippen LogP contribution in [0.25, 0.3) is 0 Å². The van der Waals surface area contributed by atoms with Crippen molar-refractivity contribution in [3.8, 4) is 0 Å². The van der Waals surface area contributed by atoms with Crippen LogP contribution >= 0.6 is 0 Å². The van der Waals surface area contributed by atoms with Crippen molar-refractivity contribution in [3.63, 3.8) is 0 Å². The first-order chi connectivity index (χ1) is 14.5. The maximum absolute atomic E-state index is 12.7. The Morgan fingerprint density at radius 1 is 1.10 bits per heavy atom. The highest BCUT2D eigenvalue weighted by Crippen LogP contribution is 2.31. The highest BCUT2D eigenvalue weighted by Gasteiger charge is 2.43. The largest absolute Gasteiger partial charge is 0.283 e. The SMILES string of the molecule is O=C1c2cccc([N+](=O)[O-])c2C(=O)N1CN1CCN(S(=O)(=O)[C@H]2CCS(=O)(=O)C2)CC1. The molecule has 0 aliphatic carbocycles. The zero-order valence-electron chi connectivity index (χ0n) is 16.3. The lowest BCUT2D eigenvalue weighted by atomic mass is 10.1. The summed E-state index contributed by atoms with van der Waals surface area (Å²) in [7, 11) is -7.10. The molecule has 2 saturated heterocycles. The second-order valence-electron chi connectivity index (χ2n) is 7.72. The van der Waals surface area contributed by atoms with Crippen LogP contribution in [0.2, 0.25) is 0 Å². The third kappa shape index (κ3) is 3.84. The number of carbonyl (C=O) groups is 2. The van der Waals surface area contributed by atoms with E-state index in [0.29, 0.717) is 0 Å². The lowest BCUT2D eigenvalue weighted by molar-refractivity contribution is -0.385. The number of carbonyl (C=O) groups excluding carboxylic acids is 2. The summed E-state index contributed by atoms with van der Waals surface area (Å²) >= 11 is 0. The van der Waals surface area contributed by atoms with Crippen LogP contribution in [-0.2, 0) is 19.9 Å². The Bertz CT molecular complexity index is 1170. The molecule has 1 atom stereocenters. The highest BCUT2D eigenvalue weighted by molar-refractivity contribution is 7.95. The van der Waals surface area contributed by atoms with Crippen molar-refractivity contribution in [1.82, 2.24) is 14.1 Å². The number of nitro benzene ring substituents is 1. The van der Waals surface area contributed by atoms with E-state index in [1.807, 2.05) is 0 Å². The van der Waals surface area contributed by atoms with E-state index in [2.05, 4.69) is 0 Å². The minimum atomic E-state index is -3.76. The van der Waals surface area contributed by atoms with E-state index in [9.17, 15) is 36.5 Å². The van der Waals surface area contributed by atoms with Crippen molar-refractivity contribution in [2.24, 2.45) is 0 Å². The Labute approximate surface area is 178 Å². The van der Waals surface area contributed by atoms with Crippen LogP contribution in [0.5, 0.6) is 0 Å². The Kier molecular flexibility index (Phi) is 5.36. The van der Waals surface area contributed by atoms with Gasteiger partial charge in [-0.3, -0.25) is 29.5 Å². The maximum Gasteiger partial charge on any atom is 0.282 e. The topological polar surface area (TPSA) is 155 Å². The number of nitro groups is 1. The van der Waals surface area contributed by atoms with Crippen LogP contribution in [0, 0.1) is 10.1 Å². The number of benzene rings is 1. The molecular weight excluding hydrogens is 452 g/mol. The second-order valence-corrected chi connectivity index (χ2v) is 12.2. The van der Waals surface area contributed by atoms with E-state index in [1.165, 1.54) is 22.5 Å². The first kappa shape index (κ1) is 21.8. The Morgan fingerprint density at radius 2 is 1.77 bits per heavy atom. The molecule has 2 amide bonds. The molecule has 1 aromatic rings. The van der Waals surface area contributed by atoms with Gasteiger partial charge in [0.2, 0.25) is 10.0 Å². The van der Waals surface area contributed by atoms with Gasteiger partial charge < -0.3 is 0 Å². The van der Waals surface area contributed by atoms with Crippen LogP contribution in [0.4, 0.5) is 5.69 Å². The standard InChI is InChI=1S/C17H20N4O8S2/c22-16-13-2-1-3-14(21(24)25)15(13)17(23)20(16)11-18-5-7-19(8-6-18)31(28,29)12-4-9-30(26,27)10-12/h1-3,12H,4-11H2/t12-/m0/s1. The lowest BCUT2D eigenvalue weighted by Gasteiger charge is -2.36. The van der Waals surface area contributed by atoms with Gasteiger partial charge in [-0.25, -0.2) is 16.8 Å². The van der Waals surface area contributed by atoms with Crippen molar-refractivity contribution in [2.75, 3.05) is 44.4 Å². The number of imide groups is 1. The molecule has 3 aliphatic heterocycles. The van der Waals surface area contributed by atoms with Gasteiger partial charge in [-0.15, -0.1) is 0 Å². The van der Waals surface area contributed by atoms with Gasteiger partial charge in [0.15, 0.2) is 9.84 Å². The summed E-state index contributed by atoms with van der Waals surface area (Å²) < 4.78 is 50.0. The van der Waals surface area contributed by atoms with Crippen molar-refractivity contribution in [1.29, 1.82) is 0 Å². The van der Waals surface area contributed by atoms with E-state index in [1.54, 1.807) is 4.90 Å². The van der Waals surface area contributed by atoms with E-state index >= 15 is 0 Å². The fraction of sp³-hybridized carbons (Fsp3) is 0.529. The number of amides is 2. The van der Waals surface area contributed by atoms with Gasteiger partial charge in [0.1, 0.15) is 5.56 Å². The summed E-state index contributed by atoms with van der Waals surface area (Å²) in [6.07, 6.45) is 0.0820. The number of piperazine rings is 1. The molecule has 0 saturated carbocycles. The Morgan fingerprint density at radius 3 is 2.35 bits per heavy atom. The Hall–Kier alpha value is -2.42. The van der Waals surface area contributed by atoms with E-state index in [4.69, 9.17) is 0 Å². The molecule has 0 unspecified atom stereocenters. The summed E-state index contributed by atoms with van der Waals surface area (Å²) in [6, 6.07) is 3.88. The smallest absolute Gasteiger partial charge is 0.282 e. The first-order valence-corrected chi connectivity index (χ1v) is 12.9. The van der Waals surface area contributed by atoms with Crippen LogP contribution < -0.4 is 0 Å². The molecule has 0 bridgehead atoms. The summed E-state index contributed by atoms with van der Waals surface area (Å²) in [6.45, 7) is 0.544. The van der Waals surface area contributed by atoms with Crippen LogP contribution in [0.3, 0.4) is 0 Å². The molecular formula is C17H20N4O8S2. The number of fused-ring (bicyclic) bond motifs is 1. The molecule has 12 nitrogen and oxygen atoms in total. The zero-order valence-corrected chi connectivity index (χ0v) is 18.0. The van der Waals surface area contributed by atoms with Crippen LogP contribution in [0.15, 0.2) is 18.2 Å². The number of sulfone groups is 1. The quantitative estimate of drug-likeness (QED) is 0.307. The average molecular weight is 473 g/mol. The van der Waals surface area contributed by atoms with E-state index in [-0.39, 0.29) is 61.9 Å². The number of sulfonamides is 1. The molecule has 168 valence electrons. The average Bonchev–Trinajstić information content (AvgIpc) is 3.21. The third-order valence-electron chi connectivity index (χ3n) is 5.82. The van der Waals surface area contributed by atoms with Crippen molar-refractivity contribution < 1.29 is 31.3 Å². The van der Waals surface area contributed by atoms with Gasteiger partial charge in [0.25, 0.3) is 17.5 Å². The minimum Gasteiger partial charge on any atom is -0.283 e. The van der Waals surface area contributed by atoms with Crippen molar-refractivity contribution in [3.05, 3.63) is 39.4 Å². The van der Waals surface area contributed by atoms with Crippen LogP contribution in [0.1, 0.15) is 27.1 Å². The normalized spacial score (nSPS) is 24.5. The van der Waals surface area contributed by atoms with Gasteiger partial charge in [-0.1, -0.05) is 6.07 Å². The summed E-state index contributed by atoms with van der Waals surface area (Å²) in [5.74, 6) is -1.89. The molecule has 0 aromatic heterocycles. The first-order valence-electron chi connectivity index (χ1n) is 9.56. The molecule has 14 heteroatoms. The molecule has 2 fully saturated rings. The fourth-order valence-electron chi connectivity index (χ4n) is 4.13.